The van der Waals surface area contributed by atoms with Crippen LogP contribution in [0.15, 0.2) is 28.2 Å². The first-order chi connectivity index (χ1) is 12.0. The highest BCUT2D eigenvalue weighted by Crippen LogP contribution is 2.39. The molecule has 0 bridgehead atoms. The van der Waals surface area contributed by atoms with E-state index in [1.807, 2.05) is 13.8 Å². The predicted octanol–water partition coefficient (Wildman–Crippen LogP) is 2.21. The van der Waals surface area contributed by atoms with E-state index in [0.29, 0.717) is 22.8 Å². The van der Waals surface area contributed by atoms with E-state index in [0.717, 1.165) is 23.8 Å². The van der Waals surface area contributed by atoms with Crippen molar-refractivity contribution in [1.29, 1.82) is 0 Å². The third kappa shape index (κ3) is 3.19. The molecule has 3 aromatic rings. The first-order valence-corrected chi connectivity index (χ1v) is 9.00. The van der Waals surface area contributed by atoms with Crippen molar-refractivity contribution in [2.75, 3.05) is 5.32 Å². The number of anilines is 1. The Morgan fingerprint density at radius 1 is 1.32 bits per heavy atom. The molecule has 0 spiro atoms. The van der Waals surface area contributed by atoms with E-state index >= 15 is 0 Å². The number of fused-ring (bicyclic) bond motifs is 1. The van der Waals surface area contributed by atoms with Gasteiger partial charge in [-0.05, 0) is 44.9 Å². The summed E-state index contributed by atoms with van der Waals surface area (Å²) in [5, 5.41) is 11.7. The van der Waals surface area contributed by atoms with Gasteiger partial charge in [-0.25, -0.2) is 4.79 Å². The van der Waals surface area contributed by atoms with Crippen LogP contribution in [0.25, 0.3) is 11.0 Å². The van der Waals surface area contributed by atoms with Crippen LogP contribution in [0.5, 0.6) is 0 Å². The molecule has 1 amide bonds. The first-order valence-electron chi connectivity index (χ1n) is 8.12. The topological polar surface area (TPSA) is 108 Å². The summed E-state index contributed by atoms with van der Waals surface area (Å²) < 4.78 is 2.12. The minimum absolute atomic E-state index is 0.120. The van der Waals surface area contributed by atoms with Crippen LogP contribution in [0, 0.1) is 6.92 Å². The molecule has 8 nitrogen and oxygen atoms in total. The Labute approximate surface area is 147 Å². The molecule has 1 atom stereocenters. The van der Waals surface area contributed by atoms with E-state index in [9.17, 15) is 9.59 Å². The molecule has 4 rings (SSSR count). The summed E-state index contributed by atoms with van der Waals surface area (Å²) in [7, 11) is 0. The highest BCUT2D eigenvalue weighted by Gasteiger charge is 2.29. The summed E-state index contributed by atoms with van der Waals surface area (Å²) in [5.74, 6) is 0.768. The smallest absolute Gasteiger partial charge is 0.323 e. The Morgan fingerprint density at radius 3 is 2.84 bits per heavy atom. The maximum Gasteiger partial charge on any atom is 0.323 e. The lowest BCUT2D eigenvalue weighted by Gasteiger charge is -2.12. The molecule has 0 aliphatic heterocycles. The summed E-state index contributed by atoms with van der Waals surface area (Å²) >= 11 is 1.41. The molecule has 0 radical (unpaired) electrons. The maximum absolute atomic E-state index is 12.5. The van der Waals surface area contributed by atoms with Gasteiger partial charge in [-0.1, -0.05) is 11.8 Å². The molecule has 0 saturated heterocycles. The Kier molecular flexibility index (Phi) is 3.87. The van der Waals surface area contributed by atoms with Gasteiger partial charge >= 0.3 is 5.69 Å². The number of rotatable bonds is 5. The number of benzene rings is 1. The lowest BCUT2D eigenvalue weighted by atomic mass is 10.2. The lowest BCUT2D eigenvalue weighted by molar-refractivity contribution is -0.115. The number of aromatic amines is 2. The highest BCUT2D eigenvalue weighted by atomic mass is 32.2. The van der Waals surface area contributed by atoms with Crippen LogP contribution in [0.2, 0.25) is 0 Å². The Bertz CT molecular complexity index is 1000. The quantitative estimate of drug-likeness (QED) is 0.606. The van der Waals surface area contributed by atoms with Gasteiger partial charge in [-0.15, -0.1) is 10.2 Å². The van der Waals surface area contributed by atoms with E-state index in [1.165, 1.54) is 11.8 Å². The number of hydrogen-bond donors (Lipinski definition) is 3. The third-order valence-electron chi connectivity index (χ3n) is 4.18. The van der Waals surface area contributed by atoms with E-state index in [-0.39, 0.29) is 16.8 Å². The molecule has 9 heteroatoms. The van der Waals surface area contributed by atoms with Crippen molar-refractivity contribution in [3.63, 3.8) is 0 Å². The molecule has 1 saturated carbocycles. The fourth-order valence-corrected chi connectivity index (χ4v) is 3.71. The van der Waals surface area contributed by atoms with E-state index in [1.54, 1.807) is 18.2 Å². The summed E-state index contributed by atoms with van der Waals surface area (Å²) in [5.41, 5.74) is 1.74. The fourth-order valence-electron chi connectivity index (χ4n) is 2.75. The minimum Gasteiger partial charge on any atom is -0.325 e. The number of carbonyl (C=O) groups excluding carboxylic acids is 1. The molecule has 1 aliphatic rings. The van der Waals surface area contributed by atoms with Gasteiger partial charge in [0, 0.05) is 11.7 Å². The molecule has 2 aromatic heterocycles. The van der Waals surface area contributed by atoms with E-state index < -0.39 is 0 Å². The van der Waals surface area contributed by atoms with Gasteiger partial charge in [0.05, 0.1) is 16.3 Å². The molecule has 130 valence electrons. The zero-order valence-corrected chi connectivity index (χ0v) is 14.7. The molecular weight excluding hydrogens is 340 g/mol. The molecule has 1 unspecified atom stereocenters. The van der Waals surface area contributed by atoms with Crippen molar-refractivity contribution in [3.05, 3.63) is 34.5 Å². The molecule has 3 N–H and O–H groups in total. The second kappa shape index (κ2) is 6.07. The monoisotopic (exact) mass is 358 g/mol. The van der Waals surface area contributed by atoms with Gasteiger partial charge in [0.25, 0.3) is 0 Å². The SMILES string of the molecule is Cc1nnc(SC(C)C(=O)Nc2ccc3[nH]c(=O)[nH]c3c2)n1C1CC1. The number of H-pyrrole nitrogens is 2. The van der Waals surface area contributed by atoms with E-state index in [2.05, 4.69) is 30.0 Å². The van der Waals surface area contributed by atoms with Gasteiger partial charge < -0.3 is 19.9 Å². The molecule has 1 fully saturated rings. The van der Waals surface area contributed by atoms with Crippen LogP contribution in [0.3, 0.4) is 0 Å². The number of hydrogen-bond acceptors (Lipinski definition) is 5. The Hall–Kier alpha value is -2.55. The van der Waals surface area contributed by atoms with Crippen molar-refractivity contribution < 1.29 is 4.79 Å². The van der Waals surface area contributed by atoms with Crippen molar-refractivity contribution in [2.24, 2.45) is 0 Å². The second-order valence-electron chi connectivity index (χ2n) is 6.22. The summed E-state index contributed by atoms with van der Waals surface area (Å²) in [6.07, 6.45) is 2.28. The Balaban J connectivity index is 1.47. The summed E-state index contributed by atoms with van der Waals surface area (Å²) in [4.78, 5) is 29.2. The van der Waals surface area contributed by atoms with Crippen LogP contribution >= 0.6 is 11.8 Å². The number of imidazole rings is 1. The predicted molar refractivity (Wildman–Crippen MR) is 95.9 cm³/mol. The van der Waals surface area contributed by atoms with Crippen LogP contribution in [-0.2, 0) is 4.79 Å². The molecule has 2 heterocycles. The van der Waals surface area contributed by atoms with Crippen molar-refractivity contribution >= 4 is 34.4 Å². The number of aryl methyl sites for hydroxylation is 1. The number of thioether (sulfide) groups is 1. The lowest BCUT2D eigenvalue weighted by Crippen LogP contribution is -2.23. The molecular formula is C16H18N6O2S. The number of nitrogens with one attached hydrogen (secondary N) is 3. The van der Waals surface area contributed by atoms with Crippen molar-refractivity contribution in [3.8, 4) is 0 Å². The van der Waals surface area contributed by atoms with Gasteiger partial charge in [-0.3, -0.25) is 4.79 Å². The minimum atomic E-state index is -0.318. The number of aromatic nitrogens is 5. The first kappa shape index (κ1) is 15.9. The third-order valence-corrected chi connectivity index (χ3v) is 5.24. The highest BCUT2D eigenvalue weighted by molar-refractivity contribution is 8.00. The van der Waals surface area contributed by atoms with Gasteiger partial charge in [0.15, 0.2) is 5.16 Å². The fraction of sp³-hybridized carbons (Fsp3) is 0.375. The number of nitrogens with zero attached hydrogens (tertiary/aromatic N) is 3. The zero-order chi connectivity index (χ0) is 17.6. The van der Waals surface area contributed by atoms with Crippen LogP contribution in [-0.4, -0.2) is 35.9 Å². The second-order valence-corrected chi connectivity index (χ2v) is 7.53. The number of carbonyl (C=O) groups is 1. The van der Waals surface area contributed by atoms with Gasteiger partial charge in [0.1, 0.15) is 5.82 Å². The molecule has 1 aromatic carbocycles. The van der Waals surface area contributed by atoms with Crippen molar-refractivity contribution in [1.82, 2.24) is 24.7 Å². The molecule has 25 heavy (non-hydrogen) atoms. The summed E-state index contributed by atoms with van der Waals surface area (Å²) in [6.45, 7) is 3.78. The zero-order valence-electron chi connectivity index (χ0n) is 13.9. The Morgan fingerprint density at radius 2 is 2.08 bits per heavy atom. The standard InChI is InChI=1S/C16H18N6O2S/c1-8(25-16-21-20-9(2)22(16)11-4-5-11)14(23)17-10-3-6-12-13(7-10)19-15(24)18-12/h3,6-8,11H,4-5H2,1-2H3,(H,17,23)(H2,18,19,24). The molecule has 1 aliphatic carbocycles. The average Bonchev–Trinajstić information content (AvgIpc) is 3.23. The maximum atomic E-state index is 12.5. The van der Waals surface area contributed by atoms with Crippen LogP contribution in [0.4, 0.5) is 5.69 Å². The van der Waals surface area contributed by atoms with E-state index in [4.69, 9.17) is 0 Å². The number of amides is 1. The summed E-state index contributed by atoms with van der Waals surface area (Å²) in [6, 6.07) is 5.73. The largest absolute Gasteiger partial charge is 0.325 e. The van der Waals surface area contributed by atoms with Gasteiger partial charge in [0.2, 0.25) is 5.91 Å². The average molecular weight is 358 g/mol. The van der Waals surface area contributed by atoms with Crippen LogP contribution in [0.1, 0.15) is 31.6 Å². The van der Waals surface area contributed by atoms with Gasteiger partial charge in [-0.2, -0.15) is 0 Å². The van der Waals surface area contributed by atoms with Crippen LogP contribution < -0.4 is 11.0 Å². The normalized spacial score (nSPS) is 15.4. The van der Waals surface area contributed by atoms with Crippen molar-refractivity contribution in [2.45, 2.75) is 43.1 Å².